The minimum atomic E-state index is -1.06. The van der Waals surface area contributed by atoms with Gasteiger partial charge >= 0.3 is 5.97 Å². The average molecular weight is 405 g/mol. The number of nitrogens with zero attached hydrogens (tertiary/aromatic N) is 5. The molecule has 8 heteroatoms. The lowest BCUT2D eigenvalue weighted by atomic mass is 10.1. The number of allylic oxidation sites excluding steroid dienone is 1. The fourth-order valence-corrected chi connectivity index (χ4v) is 2.79. The van der Waals surface area contributed by atoms with E-state index < -0.39 is 5.97 Å². The second-order valence-electron chi connectivity index (χ2n) is 6.86. The molecule has 0 heterocycles. The quantitative estimate of drug-likeness (QED) is 0.600. The number of hydrogen-bond donors (Lipinski definition) is 1. The number of azo groups is 2. The third-order valence-corrected chi connectivity index (χ3v) is 4.55. The molecular weight excluding hydrogens is 382 g/mol. The largest absolute Gasteiger partial charge is 0.496 e. The molecule has 1 unspecified atom stereocenters. The summed E-state index contributed by atoms with van der Waals surface area (Å²) in [4.78, 5) is 13.3. The van der Waals surface area contributed by atoms with E-state index in [1.807, 2.05) is 18.2 Å². The van der Waals surface area contributed by atoms with Gasteiger partial charge in [-0.05, 0) is 63.0 Å². The number of carboxylic acid groups (broad SMARTS) is 1. The summed E-state index contributed by atoms with van der Waals surface area (Å²) in [5.74, 6) is -0.824. The van der Waals surface area contributed by atoms with Crippen molar-refractivity contribution in [1.29, 1.82) is 0 Å². The van der Waals surface area contributed by atoms with E-state index in [-0.39, 0.29) is 11.3 Å². The van der Waals surface area contributed by atoms with Gasteiger partial charge in [0.25, 0.3) is 0 Å². The fraction of sp³-hybridized carbons (Fsp3) is 0.227. The number of carboxylic acids is 1. The SMILES string of the molecule is COc1cc(N=Nc2ccc(N=NC3=CCC(N(C)C)C=C3)cc2)ccc1C(=O)O. The molecule has 2 aromatic carbocycles. The molecule has 0 saturated heterocycles. The van der Waals surface area contributed by atoms with Crippen molar-refractivity contribution in [2.24, 2.45) is 20.5 Å². The van der Waals surface area contributed by atoms with Crippen LogP contribution in [-0.4, -0.2) is 43.2 Å². The van der Waals surface area contributed by atoms with Crippen LogP contribution in [0.1, 0.15) is 16.8 Å². The van der Waals surface area contributed by atoms with Crippen LogP contribution in [0.25, 0.3) is 0 Å². The predicted octanol–water partition coefficient (Wildman–Crippen LogP) is 5.67. The second-order valence-corrected chi connectivity index (χ2v) is 6.86. The highest BCUT2D eigenvalue weighted by atomic mass is 16.5. The third kappa shape index (κ3) is 5.45. The van der Waals surface area contributed by atoms with Crippen molar-refractivity contribution in [2.45, 2.75) is 12.5 Å². The molecule has 30 heavy (non-hydrogen) atoms. The third-order valence-electron chi connectivity index (χ3n) is 4.55. The van der Waals surface area contributed by atoms with Gasteiger partial charge in [0.2, 0.25) is 0 Å². The molecule has 0 amide bonds. The first-order chi connectivity index (χ1) is 14.5. The van der Waals surface area contributed by atoms with Gasteiger partial charge in [0, 0.05) is 12.1 Å². The van der Waals surface area contributed by atoms with E-state index in [4.69, 9.17) is 9.84 Å². The summed E-state index contributed by atoms with van der Waals surface area (Å²) in [7, 11) is 5.52. The van der Waals surface area contributed by atoms with Gasteiger partial charge in [-0.25, -0.2) is 4.79 Å². The van der Waals surface area contributed by atoms with Crippen molar-refractivity contribution in [3.63, 3.8) is 0 Å². The number of benzene rings is 2. The van der Waals surface area contributed by atoms with Crippen LogP contribution in [0.2, 0.25) is 0 Å². The molecular formula is C22H23N5O3. The molecule has 1 N–H and O–H groups in total. The minimum absolute atomic E-state index is 0.0753. The van der Waals surface area contributed by atoms with Gasteiger partial charge in [-0.1, -0.05) is 12.2 Å². The Hall–Kier alpha value is -3.65. The highest BCUT2D eigenvalue weighted by molar-refractivity contribution is 5.91. The fourth-order valence-electron chi connectivity index (χ4n) is 2.79. The smallest absolute Gasteiger partial charge is 0.339 e. The minimum Gasteiger partial charge on any atom is -0.496 e. The molecule has 0 fully saturated rings. The first-order valence-electron chi connectivity index (χ1n) is 9.36. The van der Waals surface area contributed by atoms with Crippen LogP contribution in [0.15, 0.2) is 86.8 Å². The van der Waals surface area contributed by atoms with Crippen molar-refractivity contribution in [1.82, 2.24) is 4.90 Å². The maximum absolute atomic E-state index is 11.1. The normalized spacial score (nSPS) is 16.4. The maximum atomic E-state index is 11.1. The Kier molecular flexibility index (Phi) is 6.82. The summed E-state index contributed by atoms with van der Waals surface area (Å²) in [6.07, 6.45) is 7.08. The number of likely N-dealkylation sites (N-methyl/N-ethyl adjacent to an activating group) is 1. The van der Waals surface area contributed by atoms with Crippen LogP contribution in [-0.2, 0) is 0 Å². The van der Waals surface area contributed by atoms with Crippen LogP contribution in [0, 0.1) is 0 Å². The summed E-state index contributed by atoms with van der Waals surface area (Å²) < 4.78 is 5.09. The monoisotopic (exact) mass is 405 g/mol. The second kappa shape index (κ2) is 9.71. The maximum Gasteiger partial charge on any atom is 0.339 e. The zero-order valence-electron chi connectivity index (χ0n) is 17.1. The topological polar surface area (TPSA) is 99.2 Å². The number of rotatable bonds is 7. The van der Waals surface area contributed by atoms with Crippen molar-refractivity contribution in [2.75, 3.05) is 21.2 Å². The standard InChI is InChI=1S/C22H23N5O3/c1-27(2)19-11-8-17(9-12-19)24-23-15-4-6-16(7-5-15)25-26-18-10-13-20(22(28)29)21(14-18)30-3/h4-11,13-14,19H,12H2,1-3H3,(H,28,29). The zero-order chi connectivity index (χ0) is 21.5. The van der Waals surface area contributed by atoms with Crippen LogP contribution in [0.5, 0.6) is 5.75 Å². The molecule has 0 radical (unpaired) electrons. The van der Waals surface area contributed by atoms with E-state index in [1.165, 1.54) is 19.2 Å². The van der Waals surface area contributed by atoms with Crippen molar-refractivity contribution >= 4 is 23.0 Å². The van der Waals surface area contributed by atoms with E-state index in [0.717, 1.165) is 12.1 Å². The molecule has 0 aromatic heterocycles. The Labute approximate surface area is 174 Å². The molecule has 1 aliphatic carbocycles. The lowest BCUT2D eigenvalue weighted by molar-refractivity contribution is 0.0693. The van der Waals surface area contributed by atoms with Crippen LogP contribution in [0.4, 0.5) is 17.1 Å². The van der Waals surface area contributed by atoms with Crippen molar-refractivity contribution in [3.05, 3.63) is 72.0 Å². The Balaban J connectivity index is 1.64. The van der Waals surface area contributed by atoms with Gasteiger partial charge in [0.1, 0.15) is 11.3 Å². The number of aromatic carboxylic acids is 1. The number of carbonyl (C=O) groups is 1. The molecule has 154 valence electrons. The number of hydrogen-bond acceptors (Lipinski definition) is 7. The highest BCUT2D eigenvalue weighted by Gasteiger charge is 2.11. The van der Waals surface area contributed by atoms with E-state index >= 15 is 0 Å². The first-order valence-corrected chi connectivity index (χ1v) is 9.36. The van der Waals surface area contributed by atoms with E-state index in [9.17, 15) is 4.79 Å². The van der Waals surface area contributed by atoms with Crippen LogP contribution in [0.3, 0.4) is 0 Å². The highest BCUT2D eigenvalue weighted by Crippen LogP contribution is 2.27. The molecule has 0 saturated carbocycles. The number of ether oxygens (including phenoxy) is 1. The molecule has 8 nitrogen and oxygen atoms in total. The zero-order valence-corrected chi connectivity index (χ0v) is 17.1. The molecule has 0 spiro atoms. The van der Waals surface area contributed by atoms with Crippen LogP contribution < -0.4 is 4.74 Å². The van der Waals surface area contributed by atoms with Crippen molar-refractivity contribution < 1.29 is 14.6 Å². The Morgan fingerprint density at radius 3 is 2.13 bits per heavy atom. The Morgan fingerprint density at radius 2 is 1.60 bits per heavy atom. The van der Waals surface area contributed by atoms with Gasteiger partial charge in [0.05, 0.1) is 29.9 Å². The molecule has 0 aliphatic heterocycles. The van der Waals surface area contributed by atoms with Gasteiger partial charge in [0.15, 0.2) is 0 Å². The average Bonchev–Trinajstić information content (AvgIpc) is 2.76. The lowest BCUT2D eigenvalue weighted by Crippen LogP contribution is -2.26. The Bertz CT molecular complexity index is 1020. The summed E-state index contributed by atoms with van der Waals surface area (Å²) in [6.45, 7) is 0. The molecule has 1 aliphatic rings. The summed E-state index contributed by atoms with van der Waals surface area (Å²) in [5, 5.41) is 26.0. The molecule has 0 bridgehead atoms. The number of methoxy groups -OCH3 is 1. The summed E-state index contributed by atoms with van der Waals surface area (Å²) in [5.41, 5.74) is 2.76. The summed E-state index contributed by atoms with van der Waals surface area (Å²) in [6, 6.07) is 12.1. The molecule has 3 rings (SSSR count). The van der Waals surface area contributed by atoms with E-state index in [0.29, 0.717) is 23.1 Å². The van der Waals surface area contributed by atoms with E-state index in [1.54, 1.807) is 18.2 Å². The molecule has 1 atom stereocenters. The van der Waals surface area contributed by atoms with Gasteiger partial charge < -0.3 is 14.7 Å². The van der Waals surface area contributed by atoms with E-state index in [2.05, 4.69) is 51.6 Å². The first kappa shape index (κ1) is 21.1. The van der Waals surface area contributed by atoms with Crippen LogP contribution >= 0.6 is 0 Å². The summed E-state index contributed by atoms with van der Waals surface area (Å²) >= 11 is 0. The molecule has 2 aromatic rings. The van der Waals surface area contributed by atoms with Gasteiger partial charge in [-0.2, -0.15) is 20.5 Å². The van der Waals surface area contributed by atoms with Gasteiger partial charge in [-0.15, -0.1) is 0 Å². The Morgan fingerprint density at radius 1 is 1.00 bits per heavy atom. The van der Waals surface area contributed by atoms with Crippen molar-refractivity contribution in [3.8, 4) is 5.75 Å². The lowest BCUT2D eigenvalue weighted by Gasteiger charge is -2.21. The predicted molar refractivity (Wildman–Crippen MR) is 114 cm³/mol. The van der Waals surface area contributed by atoms with Gasteiger partial charge in [-0.3, -0.25) is 0 Å².